The molecule has 0 atom stereocenters. The van der Waals surface area contributed by atoms with E-state index >= 15 is 0 Å². The number of ether oxygens (including phenoxy) is 1. The van der Waals surface area contributed by atoms with Crippen LogP contribution in [0.25, 0.3) is 17.3 Å². The number of rotatable bonds is 4. The topological polar surface area (TPSA) is 101 Å². The predicted octanol–water partition coefficient (Wildman–Crippen LogP) is 3.40. The van der Waals surface area contributed by atoms with Crippen LogP contribution in [0.2, 0.25) is 0 Å². The first-order chi connectivity index (χ1) is 12.7. The molecule has 0 amide bonds. The van der Waals surface area contributed by atoms with Crippen molar-refractivity contribution in [3.05, 3.63) is 71.4 Å². The van der Waals surface area contributed by atoms with E-state index in [-0.39, 0.29) is 22.6 Å². The fourth-order valence-electron chi connectivity index (χ4n) is 2.55. The summed E-state index contributed by atoms with van der Waals surface area (Å²) in [6.07, 6.45) is 1.65. The minimum Gasteiger partial charge on any atom is -0.497 e. The van der Waals surface area contributed by atoms with Gasteiger partial charge in [0.1, 0.15) is 35.0 Å². The van der Waals surface area contributed by atoms with Gasteiger partial charge in [-0.2, -0.15) is 15.6 Å². The highest BCUT2D eigenvalue weighted by Crippen LogP contribution is 2.27. The van der Waals surface area contributed by atoms with E-state index in [1.165, 1.54) is 4.68 Å². The number of para-hydroxylation sites is 1. The molecule has 2 aromatic carbocycles. The Morgan fingerprint density at radius 1 is 1.15 bits per heavy atom. The van der Waals surface area contributed by atoms with Gasteiger partial charge in [-0.3, -0.25) is 0 Å². The zero-order chi connectivity index (χ0) is 18.5. The highest BCUT2D eigenvalue weighted by Gasteiger charge is 2.19. The molecule has 0 unspecified atom stereocenters. The van der Waals surface area contributed by atoms with Crippen LogP contribution in [0.1, 0.15) is 16.8 Å². The van der Waals surface area contributed by atoms with E-state index in [0.717, 1.165) is 5.56 Å². The highest BCUT2D eigenvalue weighted by atomic mass is 16.5. The molecule has 0 fully saturated rings. The third-order valence-electron chi connectivity index (χ3n) is 3.81. The summed E-state index contributed by atoms with van der Waals surface area (Å²) in [5, 5.41) is 23.5. The van der Waals surface area contributed by atoms with Crippen molar-refractivity contribution in [2.24, 2.45) is 0 Å². The molecule has 0 radical (unpaired) electrons. The van der Waals surface area contributed by atoms with E-state index in [0.29, 0.717) is 11.4 Å². The average molecular weight is 341 g/mol. The van der Waals surface area contributed by atoms with Crippen LogP contribution in [-0.4, -0.2) is 16.9 Å². The fourth-order valence-corrected chi connectivity index (χ4v) is 2.55. The first kappa shape index (κ1) is 16.8. The van der Waals surface area contributed by atoms with Gasteiger partial charge in [0.15, 0.2) is 0 Å². The Bertz CT molecular complexity index is 1050. The van der Waals surface area contributed by atoms with Gasteiger partial charge in [0.05, 0.1) is 18.4 Å². The van der Waals surface area contributed by atoms with Crippen molar-refractivity contribution in [2.75, 3.05) is 12.8 Å². The minimum atomic E-state index is 0.171. The quantitative estimate of drug-likeness (QED) is 0.733. The molecule has 0 spiro atoms. The zero-order valence-corrected chi connectivity index (χ0v) is 14.0. The van der Waals surface area contributed by atoms with Gasteiger partial charge in [-0.1, -0.05) is 30.3 Å². The summed E-state index contributed by atoms with van der Waals surface area (Å²) < 4.78 is 6.66. The summed E-state index contributed by atoms with van der Waals surface area (Å²) in [7, 11) is 1.57. The lowest BCUT2D eigenvalue weighted by atomic mass is 10.1. The number of nitriles is 2. The molecule has 0 aliphatic rings. The zero-order valence-electron chi connectivity index (χ0n) is 14.0. The van der Waals surface area contributed by atoms with Gasteiger partial charge >= 0.3 is 0 Å². The second-order valence-electron chi connectivity index (χ2n) is 5.41. The van der Waals surface area contributed by atoms with Crippen LogP contribution in [0, 0.1) is 22.7 Å². The molecule has 0 saturated heterocycles. The van der Waals surface area contributed by atoms with Crippen molar-refractivity contribution in [2.45, 2.75) is 0 Å². The van der Waals surface area contributed by atoms with Crippen LogP contribution < -0.4 is 10.5 Å². The summed E-state index contributed by atoms with van der Waals surface area (Å²) in [4.78, 5) is 0. The number of hydrogen-bond acceptors (Lipinski definition) is 5. The summed E-state index contributed by atoms with van der Waals surface area (Å²) in [5.74, 6) is 0.867. The van der Waals surface area contributed by atoms with Gasteiger partial charge in [-0.15, -0.1) is 0 Å². The number of benzene rings is 2. The molecule has 0 aliphatic heterocycles. The Hall–Kier alpha value is -4.03. The molecule has 1 heterocycles. The van der Waals surface area contributed by atoms with Gasteiger partial charge in [0.2, 0.25) is 0 Å². The van der Waals surface area contributed by atoms with Crippen LogP contribution >= 0.6 is 0 Å². The molecule has 3 rings (SSSR count). The van der Waals surface area contributed by atoms with Crippen LogP contribution in [0.4, 0.5) is 5.82 Å². The van der Waals surface area contributed by atoms with Crippen molar-refractivity contribution in [3.63, 3.8) is 0 Å². The van der Waals surface area contributed by atoms with Gasteiger partial charge in [0, 0.05) is 0 Å². The van der Waals surface area contributed by atoms with Crippen molar-refractivity contribution in [3.8, 4) is 23.6 Å². The number of hydrogen-bond donors (Lipinski definition) is 1. The number of methoxy groups -OCH3 is 1. The van der Waals surface area contributed by atoms with Crippen molar-refractivity contribution in [1.29, 1.82) is 10.5 Å². The summed E-state index contributed by atoms with van der Waals surface area (Å²) in [6.45, 7) is 0. The molecule has 6 heteroatoms. The molecule has 6 nitrogen and oxygen atoms in total. The normalized spacial score (nSPS) is 10.8. The van der Waals surface area contributed by atoms with E-state index in [1.54, 1.807) is 19.3 Å². The molecule has 26 heavy (non-hydrogen) atoms. The maximum Gasteiger partial charge on any atom is 0.145 e. The number of nitrogen functional groups attached to an aromatic ring is 1. The standard InChI is InChI=1S/C20H15N5O/c1-26-17-9-5-6-14(11-17)10-15(12-21)19-18(13-22)20(23)25(24-19)16-7-3-2-4-8-16/h2-11H,23H2,1H3/b15-10+. The monoisotopic (exact) mass is 341 g/mol. The fraction of sp³-hybridized carbons (Fsp3) is 0.0500. The van der Waals surface area contributed by atoms with E-state index < -0.39 is 0 Å². The molecule has 0 bridgehead atoms. The Labute approximate surface area is 151 Å². The molecular formula is C20H15N5O. The number of allylic oxidation sites excluding steroid dienone is 1. The first-order valence-corrected chi connectivity index (χ1v) is 7.78. The third-order valence-corrected chi connectivity index (χ3v) is 3.81. The lowest BCUT2D eigenvalue weighted by Crippen LogP contribution is -2.02. The second-order valence-corrected chi connectivity index (χ2v) is 5.41. The van der Waals surface area contributed by atoms with E-state index in [1.807, 2.05) is 48.5 Å². The van der Waals surface area contributed by atoms with Gasteiger partial charge in [-0.05, 0) is 35.9 Å². The second kappa shape index (κ2) is 7.25. The van der Waals surface area contributed by atoms with Crippen LogP contribution in [0.5, 0.6) is 5.75 Å². The van der Waals surface area contributed by atoms with E-state index in [9.17, 15) is 10.5 Å². The Kier molecular flexibility index (Phi) is 4.69. The molecule has 1 aromatic heterocycles. The maximum atomic E-state index is 9.61. The average Bonchev–Trinajstić information content (AvgIpc) is 3.03. The lowest BCUT2D eigenvalue weighted by molar-refractivity contribution is 0.414. The SMILES string of the molecule is COc1cccc(/C=C(\C#N)c2nn(-c3ccccc3)c(N)c2C#N)c1. The highest BCUT2D eigenvalue weighted by molar-refractivity contribution is 5.91. The summed E-state index contributed by atoms with van der Waals surface area (Å²) in [5.41, 5.74) is 8.24. The van der Waals surface area contributed by atoms with Gasteiger partial charge in [-0.25, -0.2) is 4.68 Å². The molecule has 126 valence electrons. The maximum absolute atomic E-state index is 9.61. The van der Waals surface area contributed by atoms with Crippen molar-refractivity contribution < 1.29 is 4.74 Å². The number of aromatic nitrogens is 2. The molecule has 2 N–H and O–H groups in total. The molecule has 0 saturated carbocycles. The number of anilines is 1. The summed E-state index contributed by atoms with van der Waals surface area (Å²) in [6, 6.07) is 20.6. The molecular weight excluding hydrogens is 326 g/mol. The third kappa shape index (κ3) is 3.12. The Balaban J connectivity index is 2.14. The Morgan fingerprint density at radius 2 is 1.92 bits per heavy atom. The lowest BCUT2D eigenvalue weighted by Gasteiger charge is -2.02. The number of nitrogens with two attached hydrogens (primary N) is 1. The van der Waals surface area contributed by atoms with E-state index in [2.05, 4.69) is 17.2 Å². The van der Waals surface area contributed by atoms with Gasteiger partial charge in [0.25, 0.3) is 0 Å². The van der Waals surface area contributed by atoms with Crippen LogP contribution in [0.15, 0.2) is 54.6 Å². The van der Waals surface area contributed by atoms with E-state index in [4.69, 9.17) is 10.5 Å². The first-order valence-electron chi connectivity index (χ1n) is 7.78. The van der Waals surface area contributed by atoms with Gasteiger partial charge < -0.3 is 10.5 Å². The summed E-state index contributed by atoms with van der Waals surface area (Å²) >= 11 is 0. The van der Waals surface area contributed by atoms with Crippen molar-refractivity contribution >= 4 is 17.5 Å². The largest absolute Gasteiger partial charge is 0.497 e. The van der Waals surface area contributed by atoms with Crippen LogP contribution in [0.3, 0.4) is 0 Å². The predicted molar refractivity (Wildman–Crippen MR) is 99.2 cm³/mol. The number of nitrogens with zero attached hydrogens (tertiary/aromatic N) is 4. The molecule has 0 aliphatic carbocycles. The molecule has 3 aromatic rings. The smallest absolute Gasteiger partial charge is 0.145 e. The van der Waals surface area contributed by atoms with Crippen molar-refractivity contribution in [1.82, 2.24) is 9.78 Å². The minimum absolute atomic E-state index is 0.171. The Morgan fingerprint density at radius 3 is 2.58 bits per heavy atom. The van der Waals surface area contributed by atoms with Crippen LogP contribution in [-0.2, 0) is 0 Å².